The maximum absolute atomic E-state index is 12.4. The number of benzene rings is 1. The lowest BCUT2D eigenvalue weighted by Gasteiger charge is -2.35. The maximum Gasteiger partial charge on any atom is 0.340 e. The highest BCUT2D eigenvalue weighted by atomic mass is 16.5. The van der Waals surface area contributed by atoms with Gasteiger partial charge in [-0.2, -0.15) is 5.10 Å². The summed E-state index contributed by atoms with van der Waals surface area (Å²) in [4.78, 5) is 40.2. The minimum absolute atomic E-state index is 0.0536. The van der Waals surface area contributed by atoms with Gasteiger partial charge in [0.2, 0.25) is 11.8 Å². The molecule has 10 nitrogen and oxygen atoms in total. The SMILES string of the molecule is COc1ccccc1CN1CCNC(=O)[C@H]1CC(=O)NCCc1n[nH]c(=O)[nH]1. The number of aromatic nitrogens is 3. The van der Waals surface area contributed by atoms with Gasteiger partial charge in [0.1, 0.15) is 11.6 Å². The predicted octanol–water partition coefficient (Wildman–Crippen LogP) is -0.844. The van der Waals surface area contributed by atoms with E-state index in [1.54, 1.807) is 7.11 Å². The predicted molar refractivity (Wildman–Crippen MR) is 101 cm³/mol. The minimum atomic E-state index is -0.552. The van der Waals surface area contributed by atoms with Gasteiger partial charge < -0.3 is 15.4 Å². The van der Waals surface area contributed by atoms with Gasteiger partial charge in [0.15, 0.2) is 0 Å². The monoisotopic (exact) mass is 388 g/mol. The molecule has 28 heavy (non-hydrogen) atoms. The number of piperazine rings is 1. The van der Waals surface area contributed by atoms with Crippen molar-refractivity contribution in [3.63, 3.8) is 0 Å². The molecule has 3 rings (SSSR count). The Balaban J connectivity index is 1.58. The molecule has 1 aromatic heterocycles. The van der Waals surface area contributed by atoms with E-state index in [0.717, 1.165) is 11.3 Å². The van der Waals surface area contributed by atoms with Gasteiger partial charge in [0, 0.05) is 38.2 Å². The van der Waals surface area contributed by atoms with Crippen molar-refractivity contribution in [1.29, 1.82) is 0 Å². The van der Waals surface area contributed by atoms with Crippen LogP contribution in [-0.4, -0.2) is 64.7 Å². The van der Waals surface area contributed by atoms with E-state index in [4.69, 9.17) is 4.74 Å². The molecule has 1 fully saturated rings. The third-order valence-corrected chi connectivity index (χ3v) is 4.62. The fraction of sp³-hybridized carbons (Fsp3) is 0.444. The number of carbonyl (C=O) groups excluding carboxylic acids is 2. The number of carbonyl (C=O) groups is 2. The zero-order valence-corrected chi connectivity index (χ0v) is 15.7. The largest absolute Gasteiger partial charge is 0.496 e. The highest BCUT2D eigenvalue weighted by Gasteiger charge is 2.31. The van der Waals surface area contributed by atoms with E-state index >= 15 is 0 Å². The molecule has 0 aliphatic carbocycles. The molecule has 0 unspecified atom stereocenters. The number of hydrogen-bond donors (Lipinski definition) is 4. The van der Waals surface area contributed by atoms with Crippen molar-refractivity contribution in [2.45, 2.75) is 25.4 Å². The highest BCUT2D eigenvalue weighted by molar-refractivity contribution is 5.88. The smallest absolute Gasteiger partial charge is 0.340 e. The number of aromatic amines is 2. The molecule has 2 amide bonds. The maximum atomic E-state index is 12.4. The lowest BCUT2D eigenvalue weighted by molar-refractivity contribution is -0.134. The van der Waals surface area contributed by atoms with Gasteiger partial charge in [-0.3, -0.25) is 19.5 Å². The van der Waals surface area contributed by atoms with Crippen molar-refractivity contribution in [2.24, 2.45) is 0 Å². The lowest BCUT2D eigenvalue weighted by atomic mass is 10.1. The second-order valence-electron chi connectivity index (χ2n) is 6.52. The Labute approximate surface area is 161 Å². The third-order valence-electron chi connectivity index (χ3n) is 4.62. The fourth-order valence-corrected chi connectivity index (χ4v) is 3.22. The molecule has 0 saturated carbocycles. The van der Waals surface area contributed by atoms with Crippen LogP contribution in [0.1, 0.15) is 17.8 Å². The first-order valence-corrected chi connectivity index (χ1v) is 9.10. The van der Waals surface area contributed by atoms with Gasteiger partial charge >= 0.3 is 5.69 Å². The van der Waals surface area contributed by atoms with Crippen molar-refractivity contribution < 1.29 is 14.3 Å². The van der Waals surface area contributed by atoms with Gasteiger partial charge in [0.05, 0.1) is 19.6 Å². The van der Waals surface area contributed by atoms with Crippen LogP contribution in [0.2, 0.25) is 0 Å². The number of methoxy groups -OCH3 is 1. The molecule has 2 aromatic rings. The Morgan fingerprint density at radius 2 is 2.18 bits per heavy atom. The fourth-order valence-electron chi connectivity index (χ4n) is 3.22. The van der Waals surface area contributed by atoms with E-state index in [2.05, 4.69) is 25.8 Å². The molecule has 2 heterocycles. The summed E-state index contributed by atoms with van der Waals surface area (Å²) in [5.41, 5.74) is 0.583. The molecule has 0 radical (unpaired) electrons. The van der Waals surface area contributed by atoms with Crippen molar-refractivity contribution in [3.05, 3.63) is 46.1 Å². The van der Waals surface area contributed by atoms with Gasteiger partial charge in [-0.05, 0) is 6.07 Å². The van der Waals surface area contributed by atoms with E-state index in [0.29, 0.717) is 38.4 Å². The van der Waals surface area contributed by atoms with E-state index < -0.39 is 6.04 Å². The quantitative estimate of drug-likeness (QED) is 0.466. The molecule has 10 heteroatoms. The second kappa shape index (κ2) is 9.18. The first-order chi connectivity index (χ1) is 13.6. The molecule has 1 aliphatic rings. The van der Waals surface area contributed by atoms with Gasteiger partial charge in [0.25, 0.3) is 0 Å². The molecule has 1 atom stereocenters. The first-order valence-electron chi connectivity index (χ1n) is 9.10. The van der Waals surface area contributed by atoms with Crippen molar-refractivity contribution >= 4 is 11.8 Å². The minimum Gasteiger partial charge on any atom is -0.496 e. The molecular formula is C18H24N6O4. The summed E-state index contributed by atoms with van der Waals surface area (Å²) in [7, 11) is 1.61. The van der Waals surface area contributed by atoms with E-state index in [1.807, 2.05) is 29.2 Å². The van der Waals surface area contributed by atoms with Crippen LogP contribution in [0.25, 0.3) is 0 Å². The number of nitrogens with zero attached hydrogens (tertiary/aromatic N) is 2. The topological polar surface area (TPSA) is 132 Å². The summed E-state index contributed by atoms with van der Waals surface area (Å²) in [5.74, 6) is 0.834. The van der Waals surface area contributed by atoms with Crippen LogP contribution in [0.5, 0.6) is 5.75 Å². The average Bonchev–Trinajstić information content (AvgIpc) is 3.10. The molecule has 4 N–H and O–H groups in total. The Morgan fingerprint density at radius 1 is 1.36 bits per heavy atom. The van der Waals surface area contributed by atoms with Crippen LogP contribution >= 0.6 is 0 Å². The Bertz CT molecular complexity index is 877. The summed E-state index contributed by atoms with van der Waals surface area (Å²) < 4.78 is 5.39. The van der Waals surface area contributed by atoms with E-state index in [9.17, 15) is 14.4 Å². The lowest BCUT2D eigenvalue weighted by Crippen LogP contribution is -2.56. The number of amides is 2. The summed E-state index contributed by atoms with van der Waals surface area (Å²) in [6, 6.07) is 7.09. The van der Waals surface area contributed by atoms with Crippen LogP contribution < -0.4 is 21.1 Å². The standard InChI is InChI=1S/C18H24N6O4/c1-28-14-5-3-2-4-12(14)11-24-9-8-20-17(26)13(24)10-16(25)19-7-6-15-21-18(27)23-22-15/h2-5,13H,6-11H2,1H3,(H,19,25)(H,20,26)(H2,21,22,23,27)/t13-/m1/s1. The van der Waals surface area contributed by atoms with E-state index in [-0.39, 0.29) is 23.9 Å². The molecule has 1 aliphatic heterocycles. The molecule has 0 bridgehead atoms. The van der Waals surface area contributed by atoms with Gasteiger partial charge in [-0.15, -0.1) is 0 Å². The van der Waals surface area contributed by atoms with Crippen molar-refractivity contribution in [2.75, 3.05) is 26.7 Å². The summed E-state index contributed by atoms with van der Waals surface area (Å²) >= 11 is 0. The summed E-state index contributed by atoms with van der Waals surface area (Å²) in [6.45, 7) is 2.03. The van der Waals surface area contributed by atoms with Crippen molar-refractivity contribution in [1.82, 2.24) is 30.7 Å². The summed E-state index contributed by atoms with van der Waals surface area (Å²) in [6.07, 6.45) is 0.449. The number of H-pyrrole nitrogens is 2. The molecule has 0 spiro atoms. The van der Waals surface area contributed by atoms with Crippen LogP contribution in [0, 0.1) is 0 Å². The molecule has 1 aromatic carbocycles. The molecule has 150 valence electrons. The highest BCUT2D eigenvalue weighted by Crippen LogP contribution is 2.21. The van der Waals surface area contributed by atoms with Crippen LogP contribution in [-0.2, 0) is 22.6 Å². The molecule has 1 saturated heterocycles. The Kier molecular flexibility index (Phi) is 6.43. The van der Waals surface area contributed by atoms with Crippen LogP contribution in [0.3, 0.4) is 0 Å². The van der Waals surface area contributed by atoms with Crippen LogP contribution in [0.4, 0.5) is 0 Å². The van der Waals surface area contributed by atoms with E-state index in [1.165, 1.54) is 0 Å². The first kappa shape index (κ1) is 19.6. The number of nitrogens with one attached hydrogen (secondary N) is 4. The summed E-state index contributed by atoms with van der Waals surface area (Å²) in [5, 5.41) is 11.6. The Morgan fingerprint density at radius 3 is 2.93 bits per heavy atom. The molecular weight excluding hydrogens is 364 g/mol. The number of ether oxygens (including phenoxy) is 1. The Hall–Kier alpha value is -3.14. The third kappa shape index (κ3) is 4.97. The van der Waals surface area contributed by atoms with Crippen molar-refractivity contribution in [3.8, 4) is 5.75 Å². The zero-order chi connectivity index (χ0) is 19.9. The zero-order valence-electron chi connectivity index (χ0n) is 15.7. The van der Waals surface area contributed by atoms with Gasteiger partial charge in [-0.25, -0.2) is 9.89 Å². The number of rotatable bonds is 8. The number of para-hydroxylation sites is 1. The normalized spacial score (nSPS) is 17.2. The average molecular weight is 388 g/mol. The van der Waals surface area contributed by atoms with Crippen LogP contribution in [0.15, 0.2) is 29.1 Å². The number of hydrogen-bond acceptors (Lipinski definition) is 6. The van der Waals surface area contributed by atoms with Gasteiger partial charge in [-0.1, -0.05) is 18.2 Å². The second-order valence-corrected chi connectivity index (χ2v) is 6.52.